The molecule has 2 fully saturated rings. The molecule has 2 aliphatic rings. The van der Waals surface area contributed by atoms with Gasteiger partial charge in [-0.2, -0.15) is 4.98 Å². The molecule has 0 unspecified atom stereocenters. The molecule has 1 amide bonds. The SMILES string of the molecule is Cc1nc(C2(NCC(=O)N(C)CC3CC3)CCCCC2)no1. The van der Waals surface area contributed by atoms with Crippen LogP contribution < -0.4 is 5.32 Å². The Morgan fingerprint density at radius 1 is 1.36 bits per heavy atom. The molecule has 22 heavy (non-hydrogen) atoms. The number of nitrogens with one attached hydrogen (secondary N) is 1. The third kappa shape index (κ3) is 3.48. The van der Waals surface area contributed by atoms with E-state index in [1.165, 1.54) is 19.3 Å². The summed E-state index contributed by atoms with van der Waals surface area (Å²) >= 11 is 0. The molecule has 0 spiro atoms. The number of hydrogen-bond acceptors (Lipinski definition) is 5. The maximum Gasteiger partial charge on any atom is 0.236 e. The highest BCUT2D eigenvalue weighted by molar-refractivity contribution is 5.78. The van der Waals surface area contributed by atoms with E-state index in [-0.39, 0.29) is 11.4 Å². The largest absolute Gasteiger partial charge is 0.344 e. The van der Waals surface area contributed by atoms with Crippen molar-refractivity contribution in [3.63, 3.8) is 0 Å². The minimum atomic E-state index is -0.300. The number of aryl methyl sites for hydroxylation is 1. The first-order valence-electron chi connectivity index (χ1n) is 8.39. The number of rotatable bonds is 6. The summed E-state index contributed by atoms with van der Waals surface area (Å²) in [5.41, 5.74) is -0.300. The van der Waals surface area contributed by atoms with E-state index in [9.17, 15) is 4.79 Å². The highest BCUT2D eigenvalue weighted by Crippen LogP contribution is 2.35. The average molecular weight is 306 g/mol. The van der Waals surface area contributed by atoms with Gasteiger partial charge in [-0.25, -0.2) is 0 Å². The number of carbonyl (C=O) groups is 1. The summed E-state index contributed by atoms with van der Waals surface area (Å²) in [6.45, 7) is 3.03. The molecular formula is C16H26N4O2. The summed E-state index contributed by atoms with van der Waals surface area (Å²) in [6.07, 6.45) is 7.95. The second-order valence-electron chi connectivity index (χ2n) is 6.85. The van der Waals surface area contributed by atoms with Gasteiger partial charge in [-0.05, 0) is 31.6 Å². The van der Waals surface area contributed by atoms with Crippen LogP contribution in [-0.4, -0.2) is 41.1 Å². The van der Waals surface area contributed by atoms with E-state index < -0.39 is 0 Å². The van der Waals surface area contributed by atoms with Crippen LogP contribution in [0.1, 0.15) is 56.7 Å². The molecule has 0 radical (unpaired) electrons. The number of aromatic nitrogens is 2. The van der Waals surface area contributed by atoms with Gasteiger partial charge in [0.2, 0.25) is 11.8 Å². The molecule has 6 nitrogen and oxygen atoms in total. The second kappa shape index (κ2) is 6.36. The quantitative estimate of drug-likeness (QED) is 0.870. The fourth-order valence-corrected chi connectivity index (χ4v) is 3.30. The van der Waals surface area contributed by atoms with Gasteiger partial charge >= 0.3 is 0 Å². The molecule has 1 aromatic heterocycles. The first-order valence-corrected chi connectivity index (χ1v) is 8.39. The first kappa shape index (κ1) is 15.5. The normalized spacial score (nSPS) is 20.8. The Hall–Kier alpha value is -1.43. The Balaban J connectivity index is 1.63. The summed E-state index contributed by atoms with van der Waals surface area (Å²) in [5, 5.41) is 7.58. The fourth-order valence-electron chi connectivity index (χ4n) is 3.30. The zero-order valence-corrected chi connectivity index (χ0v) is 13.6. The van der Waals surface area contributed by atoms with E-state index in [0.29, 0.717) is 18.3 Å². The van der Waals surface area contributed by atoms with Crippen molar-refractivity contribution >= 4 is 5.91 Å². The van der Waals surface area contributed by atoms with Crippen LogP contribution in [0.3, 0.4) is 0 Å². The maximum atomic E-state index is 12.3. The topological polar surface area (TPSA) is 71.3 Å². The van der Waals surface area contributed by atoms with Crippen molar-refractivity contribution < 1.29 is 9.32 Å². The van der Waals surface area contributed by atoms with E-state index in [4.69, 9.17) is 4.52 Å². The predicted molar refractivity (Wildman–Crippen MR) is 82.2 cm³/mol. The van der Waals surface area contributed by atoms with Gasteiger partial charge in [-0.1, -0.05) is 24.4 Å². The molecule has 3 rings (SSSR count). The molecule has 6 heteroatoms. The lowest BCUT2D eigenvalue weighted by molar-refractivity contribution is -0.129. The lowest BCUT2D eigenvalue weighted by atomic mass is 9.81. The molecule has 1 N–H and O–H groups in total. The molecule has 2 saturated carbocycles. The van der Waals surface area contributed by atoms with Crippen molar-refractivity contribution in [3.05, 3.63) is 11.7 Å². The van der Waals surface area contributed by atoms with Crippen LogP contribution in [0.2, 0.25) is 0 Å². The van der Waals surface area contributed by atoms with Crippen molar-refractivity contribution in [2.24, 2.45) is 5.92 Å². The second-order valence-corrected chi connectivity index (χ2v) is 6.85. The van der Waals surface area contributed by atoms with Crippen molar-refractivity contribution in [1.82, 2.24) is 20.4 Å². The summed E-state index contributed by atoms with van der Waals surface area (Å²) in [4.78, 5) is 18.6. The van der Waals surface area contributed by atoms with Crippen molar-refractivity contribution in [2.75, 3.05) is 20.1 Å². The molecule has 2 aliphatic carbocycles. The Kier molecular flexibility index (Phi) is 4.47. The fraction of sp³-hybridized carbons (Fsp3) is 0.812. The smallest absolute Gasteiger partial charge is 0.236 e. The number of likely N-dealkylation sites (N-methyl/N-ethyl adjacent to an activating group) is 1. The maximum absolute atomic E-state index is 12.3. The zero-order valence-electron chi connectivity index (χ0n) is 13.6. The predicted octanol–water partition coefficient (Wildman–Crippen LogP) is 2.00. The number of amides is 1. The molecule has 0 bridgehead atoms. The van der Waals surface area contributed by atoms with Gasteiger partial charge in [0.25, 0.3) is 0 Å². The molecule has 0 atom stereocenters. The van der Waals surface area contributed by atoms with Crippen molar-refractivity contribution in [2.45, 2.75) is 57.4 Å². The average Bonchev–Trinajstić information content (AvgIpc) is 3.23. The van der Waals surface area contributed by atoms with Crippen molar-refractivity contribution in [1.29, 1.82) is 0 Å². The number of nitrogens with zero attached hydrogens (tertiary/aromatic N) is 3. The minimum absolute atomic E-state index is 0.150. The Morgan fingerprint density at radius 3 is 2.68 bits per heavy atom. The highest BCUT2D eigenvalue weighted by Gasteiger charge is 2.38. The van der Waals surface area contributed by atoms with Gasteiger partial charge in [0.15, 0.2) is 5.82 Å². The number of hydrogen-bond donors (Lipinski definition) is 1. The van der Waals surface area contributed by atoms with Gasteiger partial charge in [-0.15, -0.1) is 0 Å². The molecule has 122 valence electrons. The molecule has 0 aromatic carbocycles. The van der Waals surface area contributed by atoms with Gasteiger partial charge in [0.05, 0.1) is 12.1 Å². The van der Waals surface area contributed by atoms with Crippen LogP contribution in [0.25, 0.3) is 0 Å². The van der Waals surface area contributed by atoms with Gasteiger partial charge in [-0.3, -0.25) is 10.1 Å². The van der Waals surface area contributed by atoms with Crippen LogP contribution in [-0.2, 0) is 10.3 Å². The molecule has 0 aliphatic heterocycles. The summed E-state index contributed by atoms with van der Waals surface area (Å²) < 4.78 is 5.16. The van der Waals surface area contributed by atoms with E-state index in [1.807, 2.05) is 18.9 Å². The molecule has 1 aromatic rings. The molecule has 1 heterocycles. The van der Waals surface area contributed by atoms with E-state index in [2.05, 4.69) is 15.5 Å². The van der Waals surface area contributed by atoms with Gasteiger partial charge in [0.1, 0.15) is 0 Å². The minimum Gasteiger partial charge on any atom is -0.344 e. The van der Waals surface area contributed by atoms with Crippen LogP contribution in [0.15, 0.2) is 4.52 Å². The van der Waals surface area contributed by atoms with Crippen molar-refractivity contribution in [3.8, 4) is 0 Å². The lowest BCUT2D eigenvalue weighted by Gasteiger charge is -2.35. The van der Waals surface area contributed by atoms with Gasteiger partial charge < -0.3 is 9.42 Å². The third-order valence-electron chi connectivity index (χ3n) is 4.90. The van der Waals surface area contributed by atoms with Crippen LogP contribution in [0, 0.1) is 12.8 Å². The van der Waals surface area contributed by atoms with Gasteiger partial charge in [0, 0.05) is 20.5 Å². The monoisotopic (exact) mass is 306 g/mol. The first-order chi connectivity index (χ1) is 10.6. The summed E-state index contributed by atoms with van der Waals surface area (Å²) in [6, 6.07) is 0. The highest BCUT2D eigenvalue weighted by atomic mass is 16.5. The standard InChI is InChI=1S/C16H26N4O2/c1-12-18-15(19-22-12)16(8-4-3-5-9-16)17-10-14(21)20(2)11-13-6-7-13/h13,17H,3-11H2,1-2H3. The van der Waals surface area contributed by atoms with Crippen LogP contribution >= 0.6 is 0 Å². The summed E-state index contributed by atoms with van der Waals surface area (Å²) in [7, 11) is 1.90. The summed E-state index contributed by atoms with van der Waals surface area (Å²) in [5.74, 6) is 2.16. The Morgan fingerprint density at radius 2 is 2.09 bits per heavy atom. The van der Waals surface area contributed by atoms with Crippen LogP contribution in [0.5, 0.6) is 0 Å². The zero-order chi connectivity index (χ0) is 15.6. The Bertz CT molecular complexity index is 518. The van der Waals surface area contributed by atoms with E-state index in [1.54, 1.807) is 0 Å². The molecular weight excluding hydrogens is 280 g/mol. The lowest BCUT2D eigenvalue weighted by Crippen LogP contribution is -2.49. The van der Waals surface area contributed by atoms with Crippen LogP contribution in [0.4, 0.5) is 0 Å². The Labute approximate surface area is 131 Å². The third-order valence-corrected chi connectivity index (χ3v) is 4.90. The number of carbonyl (C=O) groups excluding carboxylic acids is 1. The van der Waals surface area contributed by atoms with E-state index >= 15 is 0 Å². The van der Waals surface area contributed by atoms with E-state index in [0.717, 1.165) is 38.1 Å². The molecule has 0 saturated heterocycles.